The smallest absolute Gasteiger partial charge is 0.234 e. The molecule has 0 aliphatic heterocycles. The van der Waals surface area contributed by atoms with Crippen LogP contribution in [0, 0.1) is 0 Å². The molecule has 1 atom stereocenters. The molecule has 0 aliphatic rings. The van der Waals surface area contributed by atoms with Crippen LogP contribution in [0.2, 0.25) is 0 Å². The lowest BCUT2D eigenvalue weighted by molar-refractivity contribution is -0.125. The van der Waals surface area contributed by atoms with E-state index in [1.807, 2.05) is 0 Å². The quantitative estimate of drug-likeness (QED) is 0.587. The normalized spacial score (nSPS) is 12.6. The highest BCUT2D eigenvalue weighted by Gasteiger charge is 2.07. The monoisotopic (exact) mass is 178 g/mol. The summed E-state index contributed by atoms with van der Waals surface area (Å²) in [6, 6.07) is 0. The number of nitrogens with zero attached hydrogens (tertiary/aromatic N) is 1. The molecular formula is C6H14N2O2S. The van der Waals surface area contributed by atoms with Crippen molar-refractivity contribution >= 4 is 16.7 Å². The summed E-state index contributed by atoms with van der Waals surface area (Å²) in [7, 11) is 2.19. The van der Waals surface area contributed by atoms with Gasteiger partial charge in [-0.25, -0.2) is 0 Å². The molecule has 0 saturated carbocycles. The van der Waals surface area contributed by atoms with Crippen molar-refractivity contribution < 1.29 is 9.00 Å². The van der Waals surface area contributed by atoms with E-state index in [0.29, 0.717) is 12.3 Å². The Morgan fingerprint density at radius 1 is 1.55 bits per heavy atom. The maximum atomic E-state index is 10.9. The van der Waals surface area contributed by atoms with Crippen molar-refractivity contribution in [1.29, 1.82) is 0 Å². The van der Waals surface area contributed by atoms with Crippen molar-refractivity contribution in [3.63, 3.8) is 0 Å². The number of rotatable bonds is 4. The Morgan fingerprint density at radius 3 is 2.45 bits per heavy atom. The molecule has 2 N–H and O–H groups in total. The second-order valence-electron chi connectivity index (χ2n) is 2.37. The van der Waals surface area contributed by atoms with Crippen LogP contribution in [0.5, 0.6) is 0 Å². The fraction of sp³-hybridized carbons (Fsp3) is 0.833. The van der Waals surface area contributed by atoms with Crippen LogP contribution in [0.25, 0.3) is 0 Å². The first kappa shape index (κ1) is 10.6. The van der Waals surface area contributed by atoms with Gasteiger partial charge >= 0.3 is 0 Å². The summed E-state index contributed by atoms with van der Waals surface area (Å²) in [5.41, 5.74) is 5.16. The van der Waals surface area contributed by atoms with Gasteiger partial charge in [0.05, 0.1) is 0 Å². The SMILES string of the molecule is CN(C)C(=O)CS(=O)CCN. The van der Waals surface area contributed by atoms with Gasteiger partial charge in [-0.1, -0.05) is 0 Å². The van der Waals surface area contributed by atoms with E-state index in [1.54, 1.807) is 14.1 Å². The number of amides is 1. The maximum Gasteiger partial charge on any atom is 0.234 e. The Kier molecular flexibility index (Phi) is 5.06. The molecule has 66 valence electrons. The van der Waals surface area contributed by atoms with Gasteiger partial charge in [0.15, 0.2) is 0 Å². The number of carbonyl (C=O) groups is 1. The van der Waals surface area contributed by atoms with Crippen molar-refractivity contribution in [3.8, 4) is 0 Å². The zero-order valence-corrected chi connectivity index (χ0v) is 7.69. The summed E-state index contributed by atoms with van der Waals surface area (Å²) < 4.78 is 10.9. The highest BCUT2D eigenvalue weighted by atomic mass is 32.2. The number of nitrogens with two attached hydrogens (primary N) is 1. The lowest BCUT2D eigenvalue weighted by Crippen LogP contribution is -2.28. The third kappa shape index (κ3) is 4.92. The number of hydrogen-bond acceptors (Lipinski definition) is 3. The number of hydrogen-bond donors (Lipinski definition) is 1. The van der Waals surface area contributed by atoms with Gasteiger partial charge in [0.1, 0.15) is 5.75 Å². The number of carbonyl (C=O) groups excluding carboxylic acids is 1. The minimum Gasteiger partial charge on any atom is -0.348 e. The Hall–Kier alpha value is -0.420. The fourth-order valence-electron chi connectivity index (χ4n) is 0.470. The first-order valence-electron chi connectivity index (χ1n) is 3.33. The zero-order chi connectivity index (χ0) is 8.85. The van der Waals surface area contributed by atoms with Gasteiger partial charge in [0.25, 0.3) is 0 Å². The van der Waals surface area contributed by atoms with Crippen LogP contribution >= 0.6 is 0 Å². The minimum atomic E-state index is -1.09. The molecule has 0 rings (SSSR count). The highest BCUT2D eigenvalue weighted by molar-refractivity contribution is 7.85. The van der Waals surface area contributed by atoms with Gasteiger partial charge in [0.2, 0.25) is 5.91 Å². The molecule has 0 bridgehead atoms. The Bertz CT molecular complexity index is 159. The average molecular weight is 178 g/mol. The van der Waals surface area contributed by atoms with Gasteiger partial charge in [-0.3, -0.25) is 9.00 Å². The maximum absolute atomic E-state index is 10.9. The van der Waals surface area contributed by atoms with Gasteiger partial charge in [0, 0.05) is 37.2 Å². The van der Waals surface area contributed by atoms with Gasteiger partial charge in [-0.2, -0.15) is 0 Å². The molecule has 0 spiro atoms. The summed E-state index contributed by atoms with van der Waals surface area (Å²) >= 11 is 0. The van der Waals surface area contributed by atoms with Crippen LogP contribution in [0.4, 0.5) is 0 Å². The Morgan fingerprint density at radius 2 is 2.09 bits per heavy atom. The molecule has 0 radical (unpaired) electrons. The topological polar surface area (TPSA) is 63.4 Å². The molecule has 0 fully saturated rings. The fourth-order valence-corrected chi connectivity index (χ4v) is 1.41. The van der Waals surface area contributed by atoms with E-state index in [0.717, 1.165) is 0 Å². The van der Waals surface area contributed by atoms with Crippen molar-refractivity contribution in [2.75, 3.05) is 32.1 Å². The molecule has 0 heterocycles. The molecule has 0 aliphatic carbocycles. The van der Waals surface area contributed by atoms with Gasteiger partial charge < -0.3 is 10.6 Å². The molecule has 5 heteroatoms. The van der Waals surface area contributed by atoms with Crippen molar-refractivity contribution in [3.05, 3.63) is 0 Å². The summed E-state index contributed by atoms with van der Waals surface area (Å²) in [5.74, 6) is 0.376. The second-order valence-corrected chi connectivity index (χ2v) is 3.94. The van der Waals surface area contributed by atoms with Crippen molar-refractivity contribution in [2.45, 2.75) is 0 Å². The van der Waals surface area contributed by atoms with Crippen molar-refractivity contribution in [2.24, 2.45) is 5.73 Å². The predicted octanol–water partition coefficient (Wildman–Crippen LogP) is -1.22. The molecule has 0 aromatic heterocycles. The van der Waals surface area contributed by atoms with E-state index in [2.05, 4.69) is 0 Å². The second kappa shape index (κ2) is 5.26. The Balaban J connectivity index is 3.67. The van der Waals surface area contributed by atoms with Crippen molar-refractivity contribution in [1.82, 2.24) is 4.90 Å². The largest absolute Gasteiger partial charge is 0.348 e. The van der Waals surface area contributed by atoms with E-state index in [1.165, 1.54) is 4.90 Å². The van der Waals surface area contributed by atoms with E-state index in [9.17, 15) is 9.00 Å². The van der Waals surface area contributed by atoms with Crippen LogP contribution in [0.15, 0.2) is 0 Å². The van der Waals surface area contributed by atoms with Crippen LogP contribution in [0.3, 0.4) is 0 Å². The van der Waals surface area contributed by atoms with Gasteiger partial charge in [-0.05, 0) is 0 Å². The molecule has 0 aromatic carbocycles. The summed E-state index contributed by atoms with van der Waals surface area (Å²) in [6.07, 6.45) is 0. The lowest BCUT2D eigenvalue weighted by atomic mass is 10.6. The molecule has 11 heavy (non-hydrogen) atoms. The molecule has 4 nitrogen and oxygen atoms in total. The van der Waals surface area contributed by atoms with Crippen LogP contribution in [-0.4, -0.2) is 47.2 Å². The van der Waals surface area contributed by atoms with Crippen LogP contribution in [0.1, 0.15) is 0 Å². The molecule has 0 saturated heterocycles. The predicted molar refractivity (Wildman–Crippen MR) is 45.6 cm³/mol. The third-order valence-electron chi connectivity index (χ3n) is 1.13. The summed E-state index contributed by atoms with van der Waals surface area (Å²) in [5, 5.41) is 0. The summed E-state index contributed by atoms with van der Waals surface area (Å²) in [6.45, 7) is 0.368. The van der Waals surface area contributed by atoms with E-state index in [4.69, 9.17) is 5.73 Å². The molecule has 0 aromatic rings. The summed E-state index contributed by atoms with van der Waals surface area (Å²) in [4.78, 5) is 12.3. The standard InChI is InChI=1S/C6H14N2O2S/c1-8(2)6(9)5-11(10)4-3-7/h3-5,7H2,1-2H3. The van der Waals surface area contributed by atoms with Crippen LogP contribution < -0.4 is 5.73 Å². The van der Waals surface area contributed by atoms with E-state index < -0.39 is 10.8 Å². The lowest BCUT2D eigenvalue weighted by Gasteiger charge is -2.08. The first-order valence-corrected chi connectivity index (χ1v) is 4.82. The van der Waals surface area contributed by atoms with E-state index >= 15 is 0 Å². The van der Waals surface area contributed by atoms with Gasteiger partial charge in [-0.15, -0.1) is 0 Å². The molecule has 1 amide bonds. The van der Waals surface area contributed by atoms with E-state index in [-0.39, 0.29) is 11.7 Å². The first-order chi connectivity index (χ1) is 5.07. The molecular weight excluding hydrogens is 164 g/mol. The minimum absolute atomic E-state index is 0.0875. The zero-order valence-electron chi connectivity index (χ0n) is 6.87. The average Bonchev–Trinajstić information content (AvgIpc) is 1.87. The Labute approximate surface area is 69.2 Å². The van der Waals surface area contributed by atoms with Crippen LogP contribution in [-0.2, 0) is 15.6 Å². The third-order valence-corrected chi connectivity index (χ3v) is 2.39. The molecule has 1 unspecified atom stereocenters. The highest BCUT2D eigenvalue weighted by Crippen LogP contribution is 1.85.